The molecule has 0 spiro atoms. The molecular weight excluding hydrogens is 204 g/mol. The van der Waals surface area contributed by atoms with Crippen LogP contribution in [0.25, 0.3) is 0 Å². The summed E-state index contributed by atoms with van der Waals surface area (Å²) in [6.07, 6.45) is 0.481. The van der Waals surface area contributed by atoms with Crippen LogP contribution in [-0.2, 0) is 0 Å². The standard InChI is InChI=1S/C11H18N4O/c1-11(2)7(5-8(11)16)14-9-4-3-6(12)10(13)15-9/h3-4,7-8,16H,5,12H2,1-2H3,(H3,13,14,15). The van der Waals surface area contributed by atoms with Crippen LogP contribution in [0.1, 0.15) is 20.3 Å². The van der Waals surface area contributed by atoms with Crippen LogP contribution in [0.4, 0.5) is 17.3 Å². The van der Waals surface area contributed by atoms with Gasteiger partial charge in [-0.05, 0) is 18.6 Å². The first-order valence-corrected chi connectivity index (χ1v) is 5.38. The molecule has 1 heterocycles. The second-order valence-electron chi connectivity index (χ2n) is 4.94. The summed E-state index contributed by atoms with van der Waals surface area (Å²) in [7, 11) is 0. The average molecular weight is 222 g/mol. The van der Waals surface area contributed by atoms with Gasteiger partial charge in [0.25, 0.3) is 0 Å². The van der Waals surface area contributed by atoms with Crippen LogP contribution in [0.15, 0.2) is 12.1 Å². The van der Waals surface area contributed by atoms with Crippen molar-refractivity contribution in [1.29, 1.82) is 0 Å². The molecule has 2 rings (SSSR count). The highest BCUT2D eigenvalue weighted by atomic mass is 16.3. The first-order chi connectivity index (χ1) is 7.41. The third-order valence-corrected chi connectivity index (χ3v) is 3.50. The van der Waals surface area contributed by atoms with Gasteiger partial charge < -0.3 is 21.9 Å². The summed E-state index contributed by atoms with van der Waals surface area (Å²) in [4.78, 5) is 4.15. The number of aliphatic hydroxyl groups excluding tert-OH is 1. The van der Waals surface area contributed by atoms with E-state index in [1.165, 1.54) is 0 Å². The van der Waals surface area contributed by atoms with E-state index in [9.17, 15) is 5.11 Å². The zero-order valence-corrected chi connectivity index (χ0v) is 9.57. The molecule has 0 aromatic carbocycles. The van der Waals surface area contributed by atoms with Gasteiger partial charge in [-0.25, -0.2) is 4.98 Å². The molecule has 6 N–H and O–H groups in total. The number of pyridine rings is 1. The molecule has 5 heteroatoms. The molecule has 0 bridgehead atoms. The van der Waals surface area contributed by atoms with E-state index in [4.69, 9.17) is 11.5 Å². The second kappa shape index (κ2) is 3.52. The summed E-state index contributed by atoms with van der Waals surface area (Å²) in [5, 5.41) is 12.9. The number of nitrogens with one attached hydrogen (secondary N) is 1. The summed E-state index contributed by atoms with van der Waals surface area (Å²) < 4.78 is 0. The van der Waals surface area contributed by atoms with E-state index in [0.29, 0.717) is 17.3 Å². The topological polar surface area (TPSA) is 97.2 Å². The van der Waals surface area contributed by atoms with Gasteiger partial charge >= 0.3 is 0 Å². The second-order valence-corrected chi connectivity index (χ2v) is 4.94. The number of anilines is 3. The number of aromatic nitrogens is 1. The number of aliphatic hydroxyl groups is 1. The van der Waals surface area contributed by atoms with Crippen molar-refractivity contribution in [2.24, 2.45) is 5.41 Å². The Morgan fingerprint density at radius 2 is 2.12 bits per heavy atom. The van der Waals surface area contributed by atoms with Crippen molar-refractivity contribution in [3.8, 4) is 0 Å². The molecule has 1 aromatic heterocycles. The van der Waals surface area contributed by atoms with Crippen molar-refractivity contribution in [3.63, 3.8) is 0 Å². The Bertz CT molecular complexity index is 405. The van der Waals surface area contributed by atoms with Gasteiger partial charge in [-0.1, -0.05) is 13.8 Å². The number of hydrogen-bond acceptors (Lipinski definition) is 5. The van der Waals surface area contributed by atoms with Gasteiger partial charge in [0.1, 0.15) is 11.6 Å². The highest BCUT2D eigenvalue weighted by Gasteiger charge is 2.47. The van der Waals surface area contributed by atoms with Crippen LogP contribution in [0.5, 0.6) is 0 Å². The van der Waals surface area contributed by atoms with E-state index >= 15 is 0 Å². The third-order valence-electron chi connectivity index (χ3n) is 3.50. The Hall–Kier alpha value is -1.49. The SMILES string of the molecule is CC1(C)C(O)CC1Nc1ccc(N)c(N)n1. The normalized spacial score (nSPS) is 27.2. The lowest BCUT2D eigenvalue weighted by molar-refractivity contribution is -0.0511. The Morgan fingerprint density at radius 1 is 1.44 bits per heavy atom. The van der Waals surface area contributed by atoms with Gasteiger partial charge in [0.2, 0.25) is 0 Å². The number of nitrogens with two attached hydrogens (primary N) is 2. The molecule has 2 unspecified atom stereocenters. The van der Waals surface area contributed by atoms with E-state index in [-0.39, 0.29) is 17.6 Å². The summed E-state index contributed by atoms with van der Waals surface area (Å²) in [5.41, 5.74) is 11.6. The Morgan fingerprint density at radius 3 is 2.62 bits per heavy atom. The molecule has 2 atom stereocenters. The zero-order chi connectivity index (χ0) is 11.9. The predicted molar refractivity (Wildman–Crippen MR) is 64.9 cm³/mol. The minimum Gasteiger partial charge on any atom is -0.396 e. The van der Waals surface area contributed by atoms with E-state index in [1.54, 1.807) is 12.1 Å². The summed E-state index contributed by atoms with van der Waals surface area (Å²) in [6, 6.07) is 3.75. The molecular formula is C11H18N4O. The molecule has 88 valence electrons. The lowest BCUT2D eigenvalue weighted by Crippen LogP contribution is -2.57. The first kappa shape index (κ1) is 11.0. The number of hydrogen-bond donors (Lipinski definition) is 4. The van der Waals surface area contributed by atoms with E-state index < -0.39 is 0 Å². The first-order valence-electron chi connectivity index (χ1n) is 5.38. The lowest BCUT2D eigenvalue weighted by atomic mass is 9.64. The van der Waals surface area contributed by atoms with Crippen molar-refractivity contribution >= 4 is 17.3 Å². The van der Waals surface area contributed by atoms with Crippen molar-refractivity contribution in [2.75, 3.05) is 16.8 Å². The molecule has 0 radical (unpaired) electrons. The summed E-state index contributed by atoms with van der Waals surface area (Å²) in [6.45, 7) is 4.05. The molecule has 1 aliphatic rings. The lowest BCUT2D eigenvalue weighted by Gasteiger charge is -2.49. The minimum absolute atomic E-state index is 0.127. The van der Waals surface area contributed by atoms with Crippen molar-refractivity contribution in [2.45, 2.75) is 32.4 Å². The number of rotatable bonds is 2. The highest BCUT2D eigenvalue weighted by Crippen LogP contribution is 2.42. The van der Waals surface area contributed by atoms with Crippen molar-refractivity contribution in [3.05, 3.63) is 12.1 Å². The minimum atomic E-state index is -0.254. The fourth-order valence-corrected chi connectivity index (χ4v) is 1.89. The molecule has 0 amide bonds. The van der Waals surface area contributed by atoms with E-state index in [1.807, 2.05) is 13.8 Å². The molecule has 0 saturated heterocycles. The molecule has 5 nitrogen and oxygen atoms in total. The summed E-state index contributed by atoms with van der Waals surface area (Å²) in [5.74, 6) is 1.04. The van der Waals surface area contributed by atoms with E-state index in [2.05, 4.69) is 10.3 Å². The smallest absolute Gasteiger partial charge is 0.149 e. The predicted octanol–water partition coefficient (Wildman–Crippen LogP) is 0.817. The largest absolute Gasteiger partial charge is 0.396 e. The summed E-state index contributed by atoms with van der Waals surface area (Å²) >= 11 is 0. The molecule has 1 saturated carbocycles. The van der Waals surface area contributed by atoms with Gasteiger partial charge in [0, 0.05) is 11.5 Å². The maximum atomic E-state index is 9.62. The fourth-order valence-electron chi connectivity index (χ4n) is 1.89. The molecule has 1 aliphatic carbocycles. The van der Waals surface area contributed by atoms with Crippen LogP contribution in [0.3, 0.4) is 0 Å². The van der Waals surface area contributed by atoms with Crippen LogP contribution in [0.2, 0.25) is 0 Å². The van der Waals surface area contributed by atoms with Gasteiger partial charge in [-0.3, -0.25) is 0 Å². The van der Waals surface area contributed by atoms with Gasteiger partial charge in [-0.2, -0.15) is 0 Å². The zero-order valence-electron chi connectivity index (χ0n) is 9.57. The van der Waals surface area contributed by atoms with Gasteiger partial charge in [0.05, 0.1) is 11.8 Å². The van der Waals surface area contributed by atoms with Crippen LogP contribution in [-0.4, -0.2) is 22.2 Å². The Kier molecular flexibility index (Phi) is 2.42. The number of nitrogen functional groups attached to an aromatic ring is 2. The molecule has 0 aliphatic heterocycles. The Balaban J connectivity index is 2.08. The highest BCUT2D eigenvalue weighted by molar-refractivity contribution is 5.61. The third kappa shape index (κ3) is 1.67. The number of nitrogens with zero attached hydrogens (tertiary/aromatic N) is 1. The van der Waals surface area contributed by atoms with Crippen molar-refractivity contribution in [1.82, 2.24) is 4.98 Å². The monoisotopic (exact) mass is 222 g/mol. The fraction of sp³-hybridized carbons (Fsp3) is 0.545. The quantitative estimate of drug-likeness (QED) is 0.594. The van der Waals surface area contributed by atoms with Gasteiger partial charge in [0.15, 0.2) is 0 Å². The Labute approximate surface area is 94.9 Å². The molecule has 16 heavy (non-hydrogen) atoms. The van der Waals surface area contributed by atoms with Crippen LogP contribution in [0, 0.1) is 5.41 Å². The van der Waals surface area contributed by atoms with Crippen molar-refractivity contribution < 1.29 is 5.11 Å². The maximum absolute atomic E-state index is 9.62. The maximum Gasteiger partial charge on any atom is 0.149 e. The average Bonchev–Trinajstić information content (AvgIpc) is 2.23. The van der Waals surface area contributed by atoms with Crippen LogP contribution < -0.4 is 16.8 Å². The van der Waals surface area contributed by atoms with Gasteiger partial charge in [-0.15, -0.1) is 0 Å². The van der Waals surface area contributed by atoms with E-state index in [0.717, 1.165) is 6.42 Å². The van der Waals surface area contributed by atoms with Crippen LogP contribution >= 0.6 is 0 Å². The molecule has 1 aromatic rings. The molecule has 1 fully saturated rings.